The number of fused-ring (bicyclic) bond motifs is 1. The standard InChI is InChI=1S/C24H37N9O5/c1-4-16(30-22(35)17(12-15(2)3)31-24(37)32-8-10-38-11-9-32)19(34)23(36)26-6-5-7-33-14-29-18-20(25)27-13-28-21(18)33/h13-17H,4-12H2,1-3H3,(H,26,36)(H,30,35)(H,31,37)(H2,25,27,28)/t16-,17-/m0/s1. The molecule has 0 spiro atoms. The van der Waals surface area contributed by atoms with Crippen molar-refractivity contribution in [1.29, 1.82) is 0 Å². The van der Waals surface area contributed by atoms with E-state index < -0.39 is 29.7 Å². The lowest BCUT2D eigenvalue weighted by Gasteiger charge is -2.30. The van der Waals surface area contributed by atoms with Crippen LogP contribution in [0.1, 0.15) is 40.0 Å². The van der Waals surface area contributed by atoms with Gasteiger partial charge in [-0.05, 0) is 25.2 Å². The molecular weight excluding hydrogens is 494 g/mol. The van der Waals surface area contributed by atoms with E-state index in [1.165, 1.54) is 6.33 Å². The van der Waals surface area contributed by atoms with Crippen molar-refractivity contribution in [2.75, 3.05) is 38.6 Å². The number of nitrogen functional groups attached to an aromatic ring is 1. The Bertz CT molecular complexity index is 1130. The summed E-state index contributed by atoms with van der Waals surface area (Å²) in [4.78, 5) is 64.8. The molecular formula is C24H37N9O5. The number of ketones is 1. The zero-order valence-electron chi connectivity index (χ0n) is 22.1. The average Bonchev–Trinajstić information content (AvgIpc) is 3.33. The number of anilines is 1. The molecule has 1 saturated heterocycles. The van der Waals surface area contributed by atoms with Gasteiger partial charge < -0.3 is 35.9 Å². The number of morpholine rings is 1. The molecule has 3 heterocycles. The zero-order valence-corrected chi connectivity index (χ0v) is 22.1. The van der Waals surface area contributed by atoms with Gasteiger partial charge in [-0.25, -0.2) is 19.7 Å². The van der Waals surface area contributed by atoms with Crippen LogP contribution >= 0.6 is 0 Å². The van der Waals surface area contributed by atoms with Crippen LogP contribution in [-0.4, -0.2) is 93.0 Å². The maximum atomic E-state index is 13.0. The van der Waals surface area contributed by atoms with Gasteiger partial charge in [-0.3, -0.25) is 14.4 Å². The third-order valence-corrected chi connectivity index (χ3v) is 6.18. The minimum absolute atomic E-state index is 0.116. The highest BCUT2D eigenvalue weighted by molar-refractivity contribution is 6.38. The number of carbonyl (C=O) groups excluding carboxylic acids is 4. The van der Waals surface area contributed by atoms with Crippen molar-refractivity contribution < 1.29 is 23.9 Å². The monoisotopic (exact) mass is 531 g/mol. The minimum atomic E-state index is -1.00. The highest BCUT2D eigenvalue weighted by Crippen LogP contribution is 2.14. The molecule has 0 aromatic carbocycles. The first kappa shape index (κ1) is 28.8. The van der Waals surface area contributed by atoms with Gasteiger partial charge in [0.05, 0.1) is 25.6 Å². The number of nitrogens with one attached hydrogen (secondary N) is 3. The number of urea groups is 1. The topological polar surface area (TPSA) is 186 Å². The van der Waals surface area contributed by atoms with Gasteiger partial charge in [-0.2, -0.15) is 0 Å². The Hall–Kier alpha value is -3.81. The lowest BCUT2D eigenvalue weighted by molar-refractivity contribution is -0.140. The third-order valence-electron chi connectivity index (χ3n) is 6.18. The van der Waals surface area contributed by atoms with Crippen LogP contribution in [0.5, 0.6) is 0 Å². The van der Waals surface area contributed by atoms with E-state index in [1.807, 2.05) is 13.8 Å². The van der Waals surface area contributed by atoms with E-state index >= 15 is 0 Å². The SMILES string of the molecule is CC[C@H](NC(=O)[C@H](CC(C)C)NC(=O)N1CCOCC1)C(=O)C(=O)NCCCn1cnc2c(N)ncnc21. The Morgan fingerprint density at radius 2 is 1.82 bits per heavy atom. The number of amides is 4. The molecule has 1 aliphatic rings. The predicted molar refractivity (Wildman–Crippen MR) is 139 cm³/mol. The van der Waals surface area contributed by atoms with E-state index in [1.54, 1.807) is 22.7 Å². The molecule has 4 amide bonds. The Labute approximate surface area is 221 Å². The molecule has 0 saturated carbocycles. The van der Waals surface area contributed by atoms with Gasteiger partial charge in [0, 0.05) is 26.2 Å². The van der Waals surface area contributed by atoms with Crippen molar-refractivity contribution in [3.05, 3.63) is 12.7 Å². The number of ether oxygens (including phenoxy) is 1. The first-order valence-corrected chi connectivity index (χ1v) is 12.9. The van der Waals surface area contributed by atoms with Gasteiger partial charge in [0.15, 0.2) is 11.5 Å². The molecule has 1 aliphatic heterocycles. The van der Waals surface area contributed by atoms with Crippen LogP contribution in [-0.2, 0) is 25.7 Å². The first-order chi connectivity index (χ1) is 18.2. The number of aryl methyl sites for hydroxylation is 1. The summed E-state index contributed by atoms with van der Waals surface area (Å²) in [5.41, 5.74) is 6.89. The van der Waals surface area contributed by atoms with E-state index in [4.69, 9.17) is 10.5 Å². The largest absolute Gasteiger partial charge is 0.382 e. The molecule has 14 nitrogen and oxygen atoms in total. The second-order valence-electron chi connectivity index (χ2n) is 9.54. The maximum Gasteiger partial charge on any atom is 0.318 e. The molecule has 14 heteroatoms. The summed E-state index contributed by atoms with van der Waals surface area (Å²) < 4.78 is 7.06. The van der Waals surface area contributed by atoms with Crippen molar-refractivity contribution in [2.24, 2.45) is 5.92 Å². The Kier molecular flexibility index (Phi) is 10.3. The summed E-state index contributed by atoms with van der Waals surface area (Å²) in [6.07, 6.45) is 4.08. The van der Waals surface area contributed by atoms with Crippen molar-refractivity contribution in [2.45, 2.75) is 58.7 Å². The maximum absolute atomic E-state index is 13.0. The molecule has 0 radical (unpaired) electrons. The van der Waals surface area contributed by atoms with Crippen molar-refractivity contribution in [1.82, 2.24) is 40.4 Å². The average molecular weight is 532 g/mol. The molecule has 1 fully saturated rings. The number of aromatic nitrogens is 4. The number of nitrogens with zero attached hydrogens (tertiary/aromatic N) is 5. The molecule has 0 bridgehead atoms. The summed E-state index contributed by atoms with van der Waals surface area (Å²) in [5, 5.41) is 8.03. The predicted octanol–water partition coefficient (Wildman–Crippen LogP) is -0.165. The fourth-order valence-corrected chi connectivity index (χ4v) is 4.09. The van der Waals surface area contributed by atoms with Crippen molar-refractivity contribution >= 4 is 40.6 Å². The molecule has 2 aromatic rings. The van der Waals surface area contributed by atoms with Crippen LogP contribution in [0.4, 0.5) is 10.6 Å². The molecule has 5 N–H and O–H groups in total. The van der Waals surface area contributed by atoms with Crippen LogP contribution in [0.25, 0.3) is 11.2 Å². The second-order valence-corrected chi connectivity index (χ2v) is 9.54. The van der Waals surface area contributed by atoms with E-state index in [0.29, 0.717) is 56.9 Å². The van der Waals surface area contributed by atoms with Gasteiger partial charge in [-0.15, -0.1) is 0 Å². The lowest BCUT2D eigenvalue weighted by atomic mass is 10.0. The summed E-state index contributed by atoms with van der Waals surface area (Å²) in [7, 11) is 0. The molecule has 208 valence electrons. The van der Waals surface area contributed by atoms with Gasteiger partial charge in [0.25, 0.3) is 5.91 Å². The molecule has 2 aromatic heterocycles. The Morgan fingerprint density at radius 3 is 2.50 bits per heavy atom. The summed E-state index contributed by atoms with van der Waals surface area (Å²) in [6.45, 7) is 8.08. The quantitative estimate of drug-likeness (QED) is 0.213. The fourth-order valence-electron chi connectivity index (χ4n) is 4.09. The number of hydrogen-bond acceptors (Lipinski definition) is 9. The number of rotatable bonds is 12. The normalized spacial score (nSPS) is 15.2. The van der Waals surface area contributed by atoms with Crippen LogP contribution in [0.2, 0.25) is 0 Å². The van der Waals surface area contributed by atoms with Crippen molar-refractivity contribution in [3.8, 4) is 0 Å². The van der Waals surface area contributed by atoms with Crippen LogP contribution in [0.3, 0.4) is 0 Å². The van der Waals surface area contributed by atoms with Crippen LogP contribution in [0.15, 0.2) is 12.7 Å². The smallest absolute Gasteiger partial charge is 0.318 e. The molecule has 2 atom stereocenters. The number of imidazole rings is 1. The number of Topliss-reactive ketones (excluding diaryl/α,β-unsaturated/α-hetero) is 1. The highest BCUT2D eigenvalue weighted by Gasteiger charge is 2.30. The summed E-state index contributed by atoms with van der Waals surface area (Å²) >= 11 is 0. The fraction of sp³-hybridized carbons (Fsp3) is 0.625. The lowest BCUT2D eigenvalue weighted by Crippen LogP contribution is -2.56. The Morgan fingerprint density at radius 1 is 1.08 bits per heavy atom. The molecule has 0 aliphatic carbocycles. The second kappa shape index (κ2) is 13.7. The molecule has 3 rings (SSSR count). The summed E-state index contributed by atoms with van der Waals surface area (Å²) in [6, 6.07) is -2.20. The van der Waals surface area contributed by atoms with E-state index in [-0.39, 0.29) is 30.7 Å². The molecule has 38 heavy (non-hydrogen) atoms. The van der Waals surface area contributed by atoms with E-state index in [2.05, 4.69) is 30.9 Å². The summed E-state index contributed by atoms with van der Waals surface area (Å²) in [5.74, 6) is -1.61. The van der Waals surface area contributed by atoms with Gasteiger partial charge >= 0.3 is 6.03 Å². The van der Waals surface area contributed by atoms with Gasteiger partial charge in [0.1, 0.15) is 17.9 Å². The highest BCUT2D eigenvalue weighted by atomic mass is 16.5. The Balaban J connectivity index is 1.50. The van der Waals surface area contributed by atoms with Gasteiger partial charge in [0.2, 0.25) is 11.7 Å². The van der Waals surface area contributed by atoms with Crippen LogP contribution < -0.4 is 21.7 Å². The van der Waals surface area contributed by atoms with Crippen LogP contribution in [0, 0.1) is 5.92 Å². The van der Waals surface area contributed by atoms with Crippen molar-refractivity contribution in [3.63, 3.8) is 0 Å². The number of hydrogen-bond donors (Lipinski definition) is 4. The number of nitrogens with two attached hydrogens (primary N) is 1. The molecule has 0 unspecified atom stereocenters. The zero-order chi connectivity index (χ0) is 27.7. The first-order valence-electron chi connectivity index (χ1n) is 12.9. The van der Waals surface area contributed by atoms with E-state index in [0.717, 1.165) is 0 Å². The van der Waals surface area contributed by atoms with Gasteiger partial charge in [-0.1, -0.05) is 20.8 Å². The third kappa shape index (κ3) is 7.60. The van der Waals surface area contributed by atoms with E-state index in [9.17, 15) is 19.2 Å². The number of carbonyl (C=O) groups is 4. The minimum Gasteiger partial charge on any atom is -0.382 e.